The third-order valence-electron chi connectivity index (χ3n) is 1.86. The van der Waals surface area contributed by atoms with Crippen molar-refractivity contribution in [2.45, 2.75) is 6.92 Å². The van der Waals surface area contributed by atoms with Crippen molar-refractivity contribution in [1.29, 1.82) is 0 Å². The lowest BCUT2D eigenvalue weighted by atomic mass is 10.3. The Morgan fingerprint density at radius 2 is 2.40 bits per heavy atom. The van der Waals surface area contributed by atoms with Crippen LogP contribution in [-0.2, 0) is 4.74 Å². The van der Waals surface area contributed by atoms with Gasteiger partial charge in [-0.15, -0.1) is 5.10 Å². The highest BCUT2D eigenvalue weighted by Crippen LogP contribution is 2.14. The highest BCUT2D eigenvalue weighted by Gasteiger charge is 2.16. The van der Waals surface area contributed by atoms with Crippen LogP contribution in [0.5, 0.6) is 0 Å². The number of hydrogen-bond donors (Lipinski definition) is 0. The Balaban J connectivity index is 2.54. The molecule has 0 unspecified atom stereocenters. The number of carbonyl (C=O) groups excluding carboxylic acids is 1. The van der Waals surface area contributed by atoms with Crippen molar-refractivity contribution in [2.24, 2.45) is 0 Å². The van der Waals surface area contributed by atoms with E-state index in [-0.39, 0.29) is 5.69 Å². The number of nitrogens with zero attached hydrogens (tertiary/aromatic N) is 3. The second-order valence-corrected chi connectivity index (χ2v) is 3.19. The van der Waals surface area contributed by atoms with E-state index in [0.717, 1.165) is 0 Å². The molecular formula is C9H8ClN3O2. The lowest BCUT2D eigenvalue weighted by molar-refractivity contribution is 0.0521. The second-order valence-electron chi connectivity index (χ2n) is 2.80. The number of esters is 1. The highest BCUT2D eigenvalue weighted by atomic mass is 35.5. The van der Waals surface area contributed by atoms with Crippen LogP contribution in [0, 0.1) is 0 Å². The molecule has 0 aliphatic carbocycles. The maximum absolute atomic E-state index is 11.4. The molecule has 2 rings (SSSR count). The fraction of sp³-hybridized carbons (Fsp3) is 0.222. The standard InChI is InChI=1S/C9H8ClN3O2/c1-2-15-9(14)8-6-4-3-5-7(10)13(6)12-11-8/h3-5H,2H2,1H3. The van der Waals surface area contributed by atoms with Gasteiger partial charge in [-0.25, -0.2) is 9.31 Å². The number of rotatable bonds is 2. The van der Waals surface area contributed by atoms with Crippen molar-refractivity contribution < 1.29 is 9.53 Å². The van der Waals surface area contributed by atoms with Gasteiger partial charge in [0.1, 0.15) is 10.7 Å². The van der Waals surface area contributed by atoms with Gasteiger partial charge in [-0.3, -0.25) is 0 Å². The van der Waals surface area contributed by atoms with E-state index in [1.54, 1.807) is 25.1 Å². The third-order valence-corrected chi connectivity index (χ3v) is 2.15. The largest absolute Gasteiger partial charge is 0.461 e. The summed E-state index contributed by atoms with van der Waals surface area (Å²) in [6, 6.07) is 5.10. The van der Waals surface area contributed by atoms with Crippen LogP contribution in [0.1, 0.15) is 17.4 Å². The molecule has 15 heavy (non-hydrogen) atoms. The molecule has 5 nitrogen and oxygen atoms in total. The Labute approximate surface area is 90.6 Å². The van der Waals surface area contributed by atoms with E-state index >= 15 is 0 Å². The van der Waals surface area contributed by atoms with Crippen LogP contribution in [0.25, 0.3) is 5.52 Å². The first kappa shape index (κ1) is 9.92. The average molecular weight is 226 g/mol. The predicted molar refractivity (Wildman–Crippen MR) is 54.0 cm³/mol. The molecule has 0 aliphatic rings. The summed E-state index contributed by atoms with van der Waals surface area (Å²) in [4.78, 5) is 11.4. The molecule has 2 aromatic rings. The van der Waals surface area contributed by atoms with Gasteiger partial charge in [0.05, 0.1) is 6.61 Å². The average Bonchev–Trinajstić information content (AvgIpc) is 2.63. The first-order valence-electron chi connectivity index (χ1n) is 4.41. The van der Waals surface area contributed by atoms with E-state index in [9.17, 15) is 4.79 Å². The van der Waals surface area contributed by atoms with Gasteiger partial charge in [0.2, 0.25) is 0 Å². The van der Waals surface area contributed by atoms with Gasteiger partial charge in [-0.1, -0.05) is 22.9 Å². The van der Waals surface area contributed by atoms with E-state index in [1.807, 2.05) is 0 Å². The van der Waals surface area contributed by atoms with Crippen molar-refractivity contribution >= 4 is 23.1 Å². The predicted octanol–water partition coefficient (Wildman–Crippen LogP) is 1.56. The van der Waals surface area contributed by atoms with Crippen LogP contribution >= 0.6 is 11.6 Å². The molecule has 0 fully saturated rings. The van der Waals surface area contributed by atoms with Gasteiger partial charge in [0.25, 0.3) is 0 Å². The summed E-state index contributed by atoms with van der Waals surface area (Å²) >= 11 is 5.86. The lowest BCUT2D eigenvalue weighted by Crippen LogP contribution is -2.05. The number of carbonyl (C=O) groups is 1. The normalized spacial score (nSPS) is 10.5. The van der Waals surface area contributed by atoms with Gasteiger partial charge in [-0.2, -0.15) is 0 Å². The summed E-state index contributed by atoms with van der Waals surface area (Å²) in [6.07, 6.45) is 0. The Bertz CT molecular complexity index is 509. The van der Waals surface area contributed by atoms with Crippen LogP contribution in [0.3, 0.4) is 0 Å². The second kappa shape index (κ2) is 3.86. The first-order chi connectivity index (χ1) is 7.24. The number of ether oxygens (including phenoxy) is 1. The van der Waals surface area contributed by atoms with Gasteiger partial charge in [-0.05, 0) is 19.1 Å². The molecule has 0 radical (unpaired) electrons. The third kappa shape index (κ3) is 1.66. The Morgan fingerprint density at radius 1 is 1.60 bits per heavy atom. The number of pyridine rings is 1. The minimum Gasteiger partial charge on any atom is -0.461 e. The molecule has 0 saturated carbocycles. The topological polar surface area (TPSA) is 56.5 Å². The van der Waals surface area contributed by atoms with Crippen molar-refractivity contribution in [3.8, 4) is 0 Å². The molecule has 6 heteroatoms. The van der Waals surface area contributed by atoms with Crippen molar-refractivity contribution in [3.05, 3.63) is 29.0 Å². The molecule has 0 saturated heterocycles. The first-order valence-corrected chi connectivity index (χ1v) is 4.79. The molecule has 0 atom stereocenters. The summed E-state index contributed by atoms with van der Waals surface area (Å²) in [6.45, 7) is 2.04. The van der Waals surface area contributed by atoms with Gasteiger partial charge >= 0.3 is 5.97 Å². The smallest absolute Gasteiger partial charge is 0.361 e. The summed E-state index contributed by atoms with van der Waals surface area (Å²) < 4.78 is 6.22. The summed E-state index contributed by atoms with van der Waals surface area (Å²) in [5.74, 6) is -0.491. The Hall–Kier alpha value is -1.62. The quantitative estimate of drug-likeness (QED) is 0.575. The fourth-order valence-electron chi connectivity index (χ4n) is 1.23. The SMILES string of the molecule is CCOC(=O)c1nnn2c(Cl)cccc12. The number of halogens is 1. The molecule has 78 valence electrons. The fourth-order valence-corrected chi connectivity index (χ4v) is 1.43. The molecule has 2 aromatic heterocycles. The van der Waals surface area contributed by atoms with E-state index in [2.05, 4.69) is 10.3 Å². The number of aromatic nitrogens is 3. The molecule has 0 bridgehead atoms. The Morgan fingerprint density at radius 3 is 3.13 bits per heavy atom. The van der Waals surface area contributed by atoms with Gasteiger partial charge in [0, 0.05) is 0 Å². The summed E-state index contributed by atoms with van der Waals surface area (Å²) in [7, 11) is 0. The highest BCUT2D eigenvalue weighted by molar-refractivity contribution is 6.29. The zero-order chi connectivity index (χ0) is 10.8. The minimum atomic E-state index is -0.491. The molecule has 0 aliphatic heterocycles. The summed E-state index contributed by atoms with van der Waals surface area (Å²) in [5.41, 5.74) is 0.723. The zero-order valence-electron chi connectivity index (χ0n) is 7.98. The van der Waals surface area contributed by atoms with Crippen LogP contribution in [0.2, 0.25) is 5.15 Å². The van der Waals surface area contributed by atoms with E-state index in [0.29, 0.717) is 17.3 Å². The number of hydrogen-bond acceptors (Lipinski definition) is 4. The van der Waals surface area contributed by atoms with Gasteiger partial charge < -0.3 is 4.74 Å². The minimum absolute atomic E-state index is 0.180. The maximum Gasteiger partial charge on any atom is 0.361 e. The van der Waals surface area contributed by atoms with Crippen molar-refractivity contribution in [2.75, 3.05) is 6.61 Å². The van der Waals surface area contributed by atoms with Crippen molar-refractivity contribution in [1.82, 2.24) is 14.8 Å². The summed E-state index contributed by atoms with van der Waals surface area (Å²) in [5, 5.41) is 7.88. The van der Waals surface area contributed by atoms with Gasteiger partial charge in [0.15, 0.2) is 5.69 Å². The number of fused-ring (bicyclic) bond motifs is 1. The van der Waals surface area contributed by atoms with E-state index in [4.69, 9.17) is 16.3 Å². The zero-order valence-corrected chi connectivity index (χ0v) is 8.73. The van der Waals surface area contributed by atoms with Crippen LogP contribution in [0.15, 0.2) is 18.2 Å². The monoisotopic (exact) mass is 225 g/mol. The molecule has 2 heterocycles. The van der Waals surface area contributed by atoms with Crippen LogP contribution < -0.4 is 0 Å². The molecule has 0 N–H and O–H groups in total. The molecule has 0 aromatic carbocycles. The van der Waals surface area contributed by atoms with E-state index < -0.39 is 5.97 Å². The Kier molecular flexibility index (Phi) is 2.55. The molecule has 0 amide bonds. The lowest BCUT2D eigenvalue weighted by Gasteiger charge is -1.98. The van der Waals surface area contributed by atoms with E-state index in [1.165, 1.54) is 4.52 Å². The molecular weight excluding hydrogens is 218 g/mol. The maximum atomic E-state index is 11.4. The van der Waals surface area contributed by atoms with Crippen LogP contribution in [-0.4, -0.2) is 27.4 Å². The molecule has 0 spiro atoms. The van der Waals surface area contributed by atoms with Crippen LogP contribution in [0.4, 0.5) is 0 Å². The van der Waals surface area contributed by atoms with Crippen molar-refractivity contribution in [3.63, 3.8) is 0 Å².